The zero-order chi connectivity index (χ0) is 15.3. The Morgan fingerprint density at radius 2 is 1.25 bits per heavy atom. The van der Waals surface area contributed by atoms with Gasteiger partial charge in [-0.3, -0.25) is 9.59 Å². The van der Waals surface area contributed by atoms with Crippen LogP contribution in [0.2, 0.25) is 0 Å². The van der Waals surface area contributed by atoms with E-state index in [4.69, 9.17) is 0 Å². The van der Waals surface area contributed by atoms with Crippen LogP contribution in [0.3, 0.4) is 0 Å². The summed E-state index contributed by atoms with van der Waals surface area (Å²) in [7, 11) is 0. The number of carbonyl (C=O) groups is 2. The number of benzene rings is 1. The highest BCUT2D eigenvalue weighted by molar-refractivity contribution is 5.99. The molecule has 0 fully saturated rings. The first-order chi connectivity index (χ1) is 9.31. The van der Waals surface area contributed by atoms with Gasteiger partial charge in [-0.05, 0) is 31.6 Å². The maximum Gasteiger partial charge on any atom is 0.165 e. The Morgan fingerprint density at radius 3 is 1.60 bits per heavy atom. The number of hydrogen-bond donors (Lipinski definition) is 0. The summed E-state index contributed by atoms with van der Waals surface area (Å²) in [6.45, 7) is 10.1. The van der Waals surface area contributed by atoms with Crippen molar-refractivity contribution in [2.45, 2.75) is 47.5 Å². The highest BCUT2D eigenvalue weighted by Crippen LogP contribution is 2.24. The van der Waals surface area contributed by atoms with Crippen molar-refractivity contribution in [1.29, 1.82) is 0 Å². The predicted molar refractivity (Wildman–Crippen MR) is 83.2 cm³/mol. The monoisotopic (exact) mass is 274 g/mol. The molecule has 0 spiro atoms. The third-order valence-corrected chi connectivity index (χ3v) is 3.46. The smallest absolute Gasteiger partial charge is 0.165 e. The van der Waals surface area contributed by atoms with E-state index in [1.54, 1.807) is 24.3 Å². The van der Waals surface area contributed by atoms with Crippen LogP contribution in [0.15, 0.2) is 24.3 Å². The fourth-order valence-corrected chi connectivity index (χ4v) is 2.55. The van der Waals surface area contributed by atoms with Crippen molar-refractivity contribution in [1.82, 2.24) is 0 Å². The molecule has 110 valence electrons. The van der Waals surface area contributed by atoms with E-state index < -0.39 is 0 Å². The Balaban J connectivity index is 2.90. The van der Waals surface area contributed by atoms with Crippen LogP contribution in [-0.4, -0.2) is 11.6 Å². The first-order valence-corrected chi connectivity index (χ1v) is 7.46. The van der Waals surface area contributed by atoms with Gasteiger partial charge in [-0.25, -0.2) is 0 Å². The lowest BCUT2D eigenvalue weighted by Gasteiger charge is -2.20. The minimum Gasteiger partial charge on any atom is -0.295 e. The van der Waals surface area contributed by atoms with Gasteiger partial charge in [-0.2, -0.15) is 0 Å². The molecular formula is C18H26O2. The standard InChI is InChI=1S/C18H26O2/c1-12(2)10-17(11-13(3)4)18(20)16-8-6-15(7-9-16)14(5)19/h6-9,12-13,17H,10-11H2,1-5H3. The van der Waals surface area contributed by atoms with Gasteiger partial charge in [0.2, 0.25) is 0 Å². The van der Waals surface area contributed by atoms with E-state index in [1.807, 2.05) is 0 Å². The van der Waals surface area contributed by atoms with Crippen LogP contribution in [0.25, 0.3) is 0 Å². The number of rotatable bonds is 7. The molecule has 1 aromatic rings. The first-order valence-electron chi connectivity index (χ1n) is 7.46. The molecule has 2 nitrogen and oxygen atoms in total. The maximum atomic E-state index is 12.6. The molecule has 0 aliphatic heterocycles. The highest BCUT2D eigenvalue weighted by Gasteiger charge is 2.22. The average Bonchev–Trinajstić information content (AvgIpc) is 2.36. The normalized spacial score (nSPS) is 11.4. The van der Waals surface area contributed by atoms with Gasteiger partial charge < -0.3 is 0 Å². The van der Waals surface area contributed by atoms with Crippen molar-refractivity contribution >= 4 is 11.6 Å². The Morgan fingerprint density at radius 1 is 0.850 bits per heavy atom. The molecule has 0 aromatic heterocycles. The van der Waals surface area contributed by atoms with Gasteiger partial charge in [0, 0.05) is 17.0 Å². The third-order valence-electron chi connectivity index (χ3n) is 3.46. The summed E-state index contributed by atoms with van der Waals surface area (Å²) in [4.78, 5) is 23.9. The second-order valence-electron chi connectivity index (χ2n) is 6.45. The summed E-state index contributed by atoms with van der Waals surface area (Å²) in [6, 6.07) is 7.06. The summed E-state index contributed by atoms with van der Waals surface area (Å²) in [5.74, 6) is 1.35. The molecular weight excluding hydrogens is 248 g/mol. The van der Waals surface area contributed by atoms with E-state index in [2.05, 4.69) is 27.7 Å². The van der Waals surface area contributed by atoms with Crippen LogP contribution in [0.1, 0.15) is 68.2 Å². The second-order valence-corrected chi connectivity index (χ2v) is 6.45. The molecule has 2 heteroatoms. The van der Waals surface area contributed by atoms with E-state index in [9.17, 15) is 9.59 Å². The largest absolute Gasteiger partial charge is 0.295 e. The van der Waals surface area contributed by atoms with Gasteiger partial charge in [0.05, 0.1) is 0 Å². The Bertz CT molecular complexity index is 445. The molecule has 0 heterocycles. The lowest BCUT2D eigenvalue weighted by molar-refractivity contribution is 0.0884. The van der Waals surface area contributed by atoms with Gasteiger partial charge in [0.1, 0.15) is 0 Å². The number of Topliss-reactive ketones (excluding diaryl/α,β-unsaturated/α-hetero) is 2. The second kappa shape index (κ2) is 7.37. The Kier molecular flexibility index (Phi) is 6.12. The predicted octanol–water partition coefficient (Wildman–Crippen LogP) is 4.78. The number of ketones is 2. The van der Waals surface area contributed by atoms with Crippen molar-refractivity contribution in [3.63, 3.8) is 0 Å². The van der Waals surface area contributed by atoms with Crippen LogP contribution in [0.4, 0.5) is 0 Å². The molecule has 0 amide bonds. The van der Waals surface area contributed by atoms with E-state index >= 15 is 0 Å². The molecule has 0 radical (unpaired) electrons. The fourth-order valence-electron chi connectivity index (χ4n) is 2.55. The van der Waals surface area contributed by atoms with Crippen molar-refractivity contribution in [2.75, 3.05) is 0 Å². The van der Waals surface area contributed by atoms with Gasteiger partial charge in [0.25, 0.3) is 0 Å². The van der Waals surface area contributed by atoms with Crippen molar-refractivity contribution in [3.05, 3.63) is 35.4 Å². The van der Waals surface area contributed by atoms with E-state index in [0.717, 1.165) is 18.4 Å². The SMILES string of the molecule is CC(=O)c1ccc(C(=O)C(CC(C)C)CC(C)C)cc1. The van der Waals surface area contributed by atoms with E-state index in [0.29, 0.717) is 17.4 Å². The minimum absolute atomic E-state index is 0.0323. The third kappa shape index (κ3) is 4.92. The molecule has 0 N–H and O–H groups in total. The molecule has 0 bridgehead atoms. The van der Waals surface area contributed by atoms with Crippen LogP contribution < -0.4 is 0 Å². The van der Waals surface area contributed by atoms with Crippen LogP contribution in [0, 0.1) is 17.8 Å². The molecule has 0 saturated heterocycles. The highest BCUT2D eigenvalue weighted by atomic mass is 16.1. The zero-order valence-electron chi connectivity index (χ0n) is 13.3. The lowest BCUT2D eigenvalue weighted by atomic mass is 9.84. The summed E-state index contributed by atoms with van der Waals surface area (Å²) >= 11 is 0. The first kappa shape index (κ1) is 16.6. The lowest BCUT2D eigenvalue weighted by Crippen LogP contribution is -2.19. The Labute approximate surface area is 122 Å². The quantitative estimate of drug-likeness (QED) is 0.670. The maximum absolute atomic E-state index is 12.6. The van der Waals surface area contributed by atoms with E-state index in [1.165, 1.54) is 6.92 Å². The summed E-state index contributed by atoms with van der Waals surface area (Å²) < 4.78 is 0. The molecule has 0 unspecified atom stereocenters. The Hall–Kier alpha value is -1.44. The molecule has 0 aliphatic carbocycles. The number of hydrogen-bond acceptors (Lipinski definition) is 2. The van der Waals surface area contributed by atoms with E-state index in [-0.39, 0.29) is 17.5 Å². The zero-order valence-corrected chi connectivity index (χ0v) is 13.3. The minimum atomic E-state index is 0.0323. The fraction of sp³-hybridized carbons (Fsp3) is 0.556. The van der Waals surface area contributed by atoms with Crippen molar-refractivity contribution < 1.29 is 9.59 Å². The van der Waals surface area contributed by atoms with Crippen LogP contribution in [-0.2, 0) is 0 Å². The summed E-state index contributed by atoms with van der Waals surface area (Å²) in [5, 5.41) is 0. The van der Waals surface area contributed by atoms with Gasteiger partial charge in [0.15, 0.2) is 11.6 Å². The van der Waals surface area contributed by atoms with Crippen molar-refractivity contribution in [2.24, 2.45) is 17.8 Å². The average molecular weight is 274 g/mol. The van der Waals surface area contributed by atoms with Crippen LogP contribution in [0.5, 0.6) is 0 Å². The molecule has 0 atom stereocenters. The molecule has 0 aliphatic rings. The number of carbonyl (C=O) groups excluding carboxylic acids is 2. The molecule has 20 heavy (non-hydrogen) atoms. The van der Waals surface area contributed by atoms with Gasteiger partial charge in [-0.1, -0.05) is 52.0 Å². The summed E-state index contributed by atoms with van der Waals surface area (Å²) in [6.07, 6.45) is 1.84. The topological polar surface area (TPSA) is 34.1 Å². The molecule has 1 aromatic carbocycles. The molecule has 1 rings (SSSR count). The van der Waals surface area contributed by atoms with Crippen LogP contribution >= 0.6 is 0 Å². The van der Waals surface area contributed by atoms with Gasteiger partial charge >= 0.3 is 0 Å². The summed E-state index contributed by atoms with van der Waals surface area (Å²) in [5.41, 5.74) is 1.38. The van der Waals surface area contributed by atoms with Gasteiger partial charge in [-0.15, -0.1) is 0 Å². The van der Waals surface area contributed by atoms with Crippen molar-refractivity contribution in [3.8, 4) is 0 Å². The molecule has 0 saturated carbocycles.